The molecule has 0 heterocycles. The van der Waals surface area contributed by atoms with Gasteiger partial charge < -0.3 is 14.9 Å². The average molecular weight is 399 g/mol. The first-order valence-electron chi connectivity index (χ1n) is 10.4. The first-order valence-corrected chi connectivity index (χ1v) is 12.1. The van der Waals surface area contributed by atoms with Gasteiger partial charge in [-0.25, -0.2) is 0 Å². The molecule has 0 bridgehead atoms. The minimum Gasteiger partial charge on any atom is -0.507 e. The van der Waals surface area contributed by atoms with E-state index in [2.05, 4.69) is 6.92 Å². The Morgan fingerprint density at radius 3 is 1.96 bits per heavy atom. The number of unbranched alkanes of at least 4 members (excludes halogenated alkanes) is 7. The third-order valence-corrected chi connectivity index (χ3v) is 6.62. The standard InChI is InChI=1S/C22H39O4P/c1-6-7-8-9-10-11-12-13-14-20(27(24,25)26)18-15-17(2)21(23)19(16-18)22(3,4)5/h15-16,20,23H,6-14H2,1-5H3,(H2,24,25,26). The molecule has 27 heavy (non-hydrogen) atoms. The maximum absolute atomic E-state index is 12.2. The second kappa shape index (κ2) is 10.6. The number of phenolic OH excluding ortho intramolecular Hbond substituents is 1. The number of aromatic hydroxyl groups is 1. The highest BCUT2D eigenvalue weighted by Crippen LogP contribution is 2.55. The zero-order valence-corrected chi connectivity index (χ0v) is 18.7. The van der Waals surface area contributed by atoms with Gasteiger partial charge in [0.05, 0.1) is 5.66 Å². The van der Waals surface area contributed by atoms with Crippen LogP contribution in [0.5, 0.6) is 5.75 Å². The van der Waals surface area contributed by atoms with Crippen LogP contribution in [0, 0.1) is 6.92 Å². The summed E-state index contributed by atoms with van der Waals surface area (Å²) >= 11 is 0. The molecule has 1 rings (SSSR count). The second-order valence-corrected chi connectivity index (χ2v) is 10.7. The summed E-state index contributed by atoms with van der Waals surface area (Å²) in [5, 5.41) is 10.4. The van der Waals surface area contributed by atoms with Gasteiger partial charge in [0.15, 0.2) is 0 Å². The van der Waals surface area contributed by atoms with Gasteiger partial charge in [0, 0.05) is 0 Å². The van der Waals surface area contributed by atoms with Gasteiger partial charge in [-0.05, 0) is 35.4 Å². The first kappa shape index (κ1) is 24.2. The van der Waals surface area contributed by atoms with E-state index in [1.54, 1.807) is 19.1 Å². The molecular weight excluding hydrogens is 359 g/mol. The lowest BCUT2D eigenvalue weighted by atomic mass is 9.83. The Kier molecular flexibility index (Phi) is 9.54. The van der Waals surface area contributed by atoms with Crippen molar-refractivity contribution in [2.24, 2.45) is 0 Å². The average Bonchev–Trinajstić information content (AvgIpc) is 2.53. The molecule has 0 amide bonds. The molecule has 0 aliphatic heterocycles. The molecule has 1 aromatic carbocycles. The Hall–Kier alpha value is -0.830. The van der Waals surface area contributed by atoms with Crippen LogP contribution in [0.3, 0.4) is 0 Å². The maximum atomic E-state index is 12.2. The van der Waals surface area contributed by atoms with Crippen LogP contribution < -0.4 is 0 Å². The van der Waals surface area contributed by atoms with Crippen LogP contribution >= 0.6 is 7.60 Å². The largest absolute Gasteiger partial charge is 0.507 e. The molecule has 0 fully saturated rings. The van der Waals surface area contributed by atoms with Crippen LogP contribution in [-0.2, 0) is 9.98 Å². The molecule has 5 heteroatoms. The van der Waals surface area contributed by atoms with Crippen LogP contribution in [0.25, 0.3) is 0 Å². The van der Waals surface area contributed by atoms with E-state index in [4.69, 9.17) is 0 Å². The Balaban J connectivity index is 2.82. The zero-order chi connectivity index (χ0) is 20.7. The minimum absolute atomic E-state index is 0.225. The molecule has 4 nitrogen and oxygen atoms in total. The van der Waals surface area contributed by atoms with Crippen LogP contribution in [0.2, 0.25) is 0 Å². The fourth-order valence-electron chi connectivity index (χ4n) is 3.57. The van der Waals surface area contributed by atoms with E-state index in [0.29, 0.717) is 17.5 Å². The van der Waals surface area contributed by atoms with Gasteiger partial charge in [-0.3, -0.25) is 4.57 Å². The van der Waals surface area contributed by atoms with Crippen molar-refractivity contribution in [2.75, 3.05) is 0 Å². The maximum Gasteiger partial charge on any atom is 0.332 e. The summed E-state index contributed by atoms with van der Waals surface area (Å²) in [6, 6.07) is 3.52. The van der Waals surface area contributed by atoms with Gasteiger partial charge in [-0.1, -0.05) is 91.2 Å². The van der Waals surface area contributed by atoms with Crippen molar-refractivity contribution in [3.63, 3.8) is 0 Å². The summed E-state index contributed by atoms with van der Waals surface area (Å²) in [5.41, 5.74) is 0.978. The van der Waals surface area contributed by atoms with Crippen molar-refractivity contribution in [2.45, 2.75) is 103 Å². The minimum atomic E-state index is -4.26. The molecule has 0 saturated heterocycles. The van der Waals surface area contributed by atoms with E-state index in [1.165, 1.54) is 32.1 Å². The van der Waals surface area contributed by atoms with E-state index >= 15 is 0 Å². The molecule has 0 aromatic heterocycles. The van der Waals surface area contributed by atoms with E-state index < -0.39 is 13.3 Å². The second-order valence-electron chi connectivity index (χ2n) is 8.85. The third-order valence-electron chi connectivity index (χ3n) is 5.25. The Morgan fingerprint density at radius 1 is 0.963 bits per heavy atom. The van der Waals surface area contributed by atoms with Crippen LogP contribution in [0.4, 0.5) is 0 Å². The molecule has 156 valence electrons. The smallest absolute Gasteiger partial charge is 0.332 e. The van der Waals surface area contributed by atoms with E-state index in [9.17, 15) is 19.5 Å². The number of benzene rings is 1. The van der Waals surface area contributed by atoms with Gasteiger partial charge in [-0.2, -0.15) is 0 Å². The van der Waals surface area contributed by atoms with Crippen molar-refractivity contribution in [3.05, 3.63) is 28.8 Å². The summed E-state index contributed by atoms with van der Waals surface area (Å²) in [7, 11) is -4.26. The zero-order valence-electron chi connectivity index (χ0n) is 17.8. The lowest BCUT2D eigenvalue weighted by Gasteiger charge is -2.26. The summed E-state index contributed by atoms with van der Waals surface area (Å²) in [6.07, 6.45) is 9.69. The lowest BCUT2D eigenvalue weighted by Crippen LogP contribution is -2.13. The molecule has 1 atom stereocenters. The quantitative estimate of drug-likeness (QED) is 0.285. The van der Waals surface area contributed by atoms with E-state index in [-0.39, 0.29) is 11.2 Å². The van der Waals surface area contributed by atoms with Crippen molar-refractivity contribution in [3.8, 4) is 5.75 Å². The van der Waals surface area contributed by atoms with Crippen LogP contribution in [-0.4, -0.2) is 14.9 Å². The summed E-state index contributed by atoms with van der Waals surface area (Å²) in [5.74, 6) is 0.225. The monoisotopic (exact) mass is 398 g/mol. The highest BCUT2D eigenvalue weighted by Gasteiger charge is 2.32. The van der Waals surface area contributed by atoms with Crippen molar-refractivity contribution in [1.82, 2.24) is 0 Å². The van der Waals surface area contributed by atoms with Crippen LogP contribution in [0.15, 0.2) is 12.1 Å². The number of hydrogen-bond acceptors (Lipinski definition) is 2. The normalized spacial score (nSPS) is 13.7. The fraction of sp³-hybridized carbons (Fsp3) is 0.727. The molecule has 0 aliphatic carbocycles. The fourth-order valence-corrected chi connectivity index (χ4v) is 4.63. The van der Waals surface area contributed by atoms with E-state index in [1.807, 2.05) is 20.8 Å². The molecule has 1 aromatic rings. The van der Waals surface area contributed by atoms with Crippen LogP contribution in [0.1, 0.15) is 108 Å². The highest BCUT2D eigenvalue weighted by atomic mass is 31.2. The Morgan fingerprint density at radius 2 is 1.48 bits per heavy atom. The van der Waals surface area contributed by atoms with Gasteiger partial charge >= 0.3 is 7.60 Å². The molecule has 0 saturated carbocycles. The SMILES string of the molecule is CCCCCCCCCCC(c1cc(C)c(O)c(C(C)(C)C)c1)P(=O)(O)O. The van der Waals surface area contributed by atoms with Crippen molar-refractivity contribution >= 4 is 7.60 Å². The molecule has 0 aliphatic rings. The predicted molar refractivity (Wildman–Crippen MR) is 114 cm³/mol. The molecule has 1 unspecified atom stereocenters. The van der Waals surface area contributed by atoms with E-state index in [0.717, 1.165) is 24.8 Å². The third kappa shape index (κ3) is 7.97. The first-order chi connectivity index (χ1) is 12.5. The van der Waals surface area contributed by atoms with Gasteiger partial charge in [0.25, 0.3) is 0 Å². The lowest BCUT2D eigenvalue weighted by molar-refractivity contribution is 0.353. The summed E-state index contributed by atoms with van der Waals surface area (Å²) in [4.78, 5) is 19.9. The van der Waals surface area contributed by atoms with Gasteiger partial charge in [-0.15, -0.1) is 0 Å². The number of rotatable bonds is 11. The molecule has 0 spiro atoms. The predicted octanol–water partition coefficient (Wildman–Crippen LogP) is 6.75. The van der Waals surface area contributed by atoms with Crippen molar-refractivity contribution < 1.29 is 19.5 Å². The Labute approximate surface area is 165 Å². The van der Waals surface area contributed by atoms with Gasteiger partial charge in [0.2, 0.25) is 0 Å². The topological polar surface area (TPSA) is 77.8 Å². The summed E-state index contributed by atoms with van der Waals surface area (Å²) < 4.78 is 12.2. The highest BCUT2D eigenvalue weighted by molar-refractivity contribution is 7.52. The number of hydrogen-bond donors (Lipinski definition) is 3. The number of aryl methyl sites for hydroxylation is 1. The molecular formula is C22H39O4P. The molecule has 3 N–H and O–H groups in total. The van der Waals surface area contributed by atoms with Crippen molar-refractivity contribution in [1.29, 1.82) is 0 Å². The van der Waals surface area contributed by atoms with Gasteiger partial charge in [0.1, 0.15) is 5.75 Å². The Bertz CT molecular complexity index is 628. The summed E-state index contributed by atoms with van der Waals surface area (Å²) in [6.45, 7) is 9.99. The molecule has 0 radical (unpaired) electrons. The number of phenols is 1.